The molecule has 0 spiro atoms. The number of allylic oxidation sites excluding steroid dienone is 5. The van der Waals surface area contributed by atoms with E-state index in [4.69, 9.17) is 15.0 Å². The smallest absolute Gasteiger partial charge is 0.331 e. The van der Waals surface area contributed by atoms with Crippen LogP contribution >= 0.6 is 20.1 Å². The van der Waals surface area contributed by atoms with Gasteiger partial charge in [-0.1, -0.05) is 277 Å². The summed E-state index contributed by atoms with van der Waals surface area (Å²) in [7, 11) is 2.07. The Balaban J connectivity index is 1.09. The summed E-state index contributed by atoms with van der Waals surface area (Å²) in [6.07, 6.45) is 14.0. The van der Waals surface area contributed by atoms with Gasteiger partial charge in [-0.15, -0.1) is 20.1 Å². The minimum Gasteiger partial charge on any atom is -0.345 e. The van der Waals surface area contributed by atoms with Gasteiger partial charge in [0.2, 0.25) is 11.9 Å². The molecule has 3 heterocycles. The van der Waals surface area contributed by atoms with Crippen LogP contribution in [0.1, 0.15) is 30.5 Å². The molecular formula is C88H67B4N5S2. The summed E-state index contributed by atoms with van der Waals surface area (Å²) in [4.78, 5) is 30.4. The summed E-state index contributed by atoms with van der Waals surface area (Å²) in [6, 6.07) is 112. The van der Waals surface area contributed by atoms with Crippen molar-refractivity contribution < 1.29 is 0 Å². The number of para-hydroxylation sites is 2. The fourth-order valence-electron chi connectivity index (χ4n) is 15.8. The second-order valence-corrected chi connectivity index (χ2v) is 31.6. The number of fused-ring (bicyclic) bond motifs is 6. The summed E-state index contributed by atoms with van der Waals surface area (Å²) in [6.45, 7) is -0.293. The fourth-order valence-corrected chi connectivity index (χ4v) is 24.6. The molecule has 0 N–H and O–H groups in total. The molecule has 2 aliphatic carbocycles. The summed E-state index contributed by atoms with van der Waals surface area (Å²) < 4.78 is 2.22. The van der Waals surface area contributed by atoms with E-state index >= 15 is 0 Å². The number of hydrogen-bond acceptors (Lipinski definition) is 4. The number of anilines is 2. The SMILES string of the molecule is Bc1c(-c2nc(N3B(C4=CCCC=C4)c4ccccc4-c4ccccc43)nc(-n3c4c(c5ccccc53)C=CCC#C4)n2)c(B)c(S(c2ccccc2)(c2ccccc2)c2cccc(-c3ccccc3)c2)c(B)c1S(c1ccccc1)(c1ccccc1)c1cccc(-c2ccccc2)c1. The maximum Gasteiger partial charge on any atom is 0.331 e. The Morgan fingerprint density at radius 1 is 0.404 bits per heavy atom. The van der Waals surface area contributed by atoms with Crippen LogP contribution in [0, 0.1) is 11.8 Å². The first kappa shape index (κ1) is 61.3. The van der Waals surface area contributed by atoms with Gasteiger partial charge in [-0.05, 0) is 147 Å². The second kappa shape index (κ2) is 25.9. The Labute approximate surface area is 586 Å². The monoisotopic (exact) mass is 1300 g/mol. The van der Waals surface area contributed by atoms with Gasteiger partial charge >= 0.3 is 6.85 Å². The Morgan fingerprint density at radius 2 is 0.879 bits per heavy atom. The predicted octanol–water partition coefficient (Wildman–Crippen LogP) is 16.9. The molecule has 1 aliphatic heterocycles. The van der Waals surface area contributed by atoms with Crippen LogP contribution in [0.3, 0.4) is 0 Å². The summed E-state index contributed by atoms with van der Waals surface area (Å²) in [5.74, 6) is 8.80. The van der Waals surface area contributed by atoms with E-state index in [2.05, 4.69) is 378 Å². The molecule has 0 unspecified atom stereocenters. The third-order valence-electron chi connectivity index (χ3n) is 19.9. The largest absolute Gasteiger partial charge is 0.345 e. The van der Waals surface area contributed by atoms with Crippen molar-refractivity contribution in [3.63, 3.8) is 0 Å². The lowest BCUT2D eigenvalue weighted by molar-refractivity contribution is 0.914. The lowest BCUT2D eigenvalue weighted by Crippen LogP contribution is -2.51. The summed E-state index contributed by atoms with van der Waals surface area (Å²) in [5.41, 5.74) is 17.5. The van der Waals surface area contributed by atoms with Crippen molar-refractivity contribution in [3.05, 3.63) is 344 Å². The molecule has 0 bridgehead atoms. The van der Waals surface area contributed by atoms with Gasteiger partial charge in [-0.2, -0.15) is 15.0 Å². The fraction of sp³-hybridized carbons (Fsp3) is 0.0341. The Kier molecular flexibility index (Phi) is 16.1. The zero-order valence-electron chi connectivity index (χ0n) is 55.5. The normalized spacial score (nSPS) is 13.5. The zero-order valence-corrected chi connectivity index (χ0v) is 57.1. The topological polar surface area (TPSA) is 46.8 Å². The number of aromatic nitrogens is 4. The molecule has 2 aromatic heterocycles. The molecular weight excluding hydrogens is 1230 g/mol. The predicted molar refractivity (Wildman–Crippen MR) is 424 cm³/mol. The lowest BCUT2D eigenvalue weighted by Gasteiger charge is -2.49. The number of benzene rings is 12. The molecule has 0 saturated carbocycles. The molecule has 468 valence electrons. The van der Waals surface area contributed by atoms with Crippen LogP contribution in [0.2, 0.25) is 0 Å². The Morgan fingerprint density at radius 3 is 1.43 bits per heavy atom. The molecule has 14 aromatic rings. The Hall–Kier alpha value is -11.3. The van der Waals surface area contributed by atoms with Crippen molar-refractivity contribution in [1.29, 1.82) is 0 Å². The first-order valence-corrected chi connectivity index (χ1v) is 37.4. The van der Waals surface area contributed by atoms with Crippen LogP contribution in [-0.4, -0.2) is 49.9 Å². The molecule has 0 radical (unpaired) electrons. The molecule has 0 amide bonds. The van der Waals surface area contributed by atoms with E-state index in [9.17, 15) is 0 Å². The van der Waals surface area contributed by atoms with Gasteiger partial charge in [0.25, 0.3) is 0 Å². The van der Waals surface area contributed by atoms with Gasteiger partial charge in [0, 0.05) is 63.6 Å². The van der Waals surface area contributed by atoms with Crippen LogP contribution in [0.15, 0.2) is 372 Å². The van der Waals surface area contributed by atoms with Crippen molar-refractivity contribution in [2.24, 2.45) is 0 Å². The summed E-state index contributed by atoms with van der Waals surface area (Å²) >= 11 is 0. The molecule has 0 saturated heterocycles. The van der Waals surface area contributed by atoms with E-state index in [1.807, 2.05) is 0 Å². The van der Waals surface area contributed by atoms with Crippen LogP contribution in [0.4, 0.5) is 11.6 Å². The minimum atomic E-state index is -2.57. The number of hydrogen-bond donors (Lipinski definition) is 0. The number of nitrogens with zero attached hydrogens (tertiary/aromatic N) is 5. The van der Waals surface area contributed by atoms with Gasteiger partial charge in [-0.3, -0.25) is 4.57 Å². The highest BCUT2D eigenvalue weighted by molar-refractivity contribution is 8.35. The van der Waals surface area contributed by atoms with Gasteiger partial charge in [0.15, 0.2) is 5.82 Å². The minimum absolute atomic E-state index is 0.293. The average molecular weight is 1300 g/mol. The van der Waals surface area contributed by atoms with Gasteiger partial charge in [0.1, 0.15) is 29.2 Å². The third kappa shape index (κ3) is 10.3. The zero-order chi connectivity index (χ0) is 66.4. The highest BCUT2D eigenvalue weighted by Gasteiger charge is 2.45. The van der Waals surface area contributed by atoms with Crippen molar-refractivity contribution in [2.75, 3.05) is 4.81 Å². The highest BCUT2D eigenvalue weighted by atomic mass is 32.3. The van der Waals surface area contributed by atoms with Crippen LogP contribution in [0.25, 0.3) is 67.7 Å². The van der Waals surface area contributed by atoms with E-state index in [-0.39, 0.29) is 6.85 Å². The third-order valence-corrected chi connectivity index (χ3v) is 28.2. The maximum atomic E-state index is 6.21. The van der Waals surface area contributed by atoms with Crippen LogP contribution in [0.5, 0.6) is 0 Å². The standard InChI is InChI=1S/C88H67B4N5S2/c89-81-80(86-93-87(96-77-56-24-8-23-52-74(77)75-54-26-29-57-78(75)96)95-88(94-86)97-79-58-30-27-53-73(79)72-51-25-28-55-76(72)92(97)65-39-13-3-14-40-65)82(90)85(99(68-45-19-6-20-46-68,69-47-21-7-22-48-69)71-50-32-38-64(60-71)62-35-11-2-12-36-62)83(91)84(81)98(66-41-15-4-16-42-66,67-43-17-5-18-44-67)70-49-31-37-63(59-70)61-33-9-1-10-34-61/h1-2,4-7,9-13,15-23,25-55,57-60H,3,8,14,89-91H2. The molecule has 0 fully saturated rings. The Bertz CT molecular complexity index is 5320. The van der Waals surface area contributed by atoms with Crippen molar-refractivity contribution in [3.8, 4) is 62.6 Å². The molecule has 5 nitrogen and oxygen atoms in total. The van der Waals surface area contributed by atoms with E-state index in [0.29, 0.717) is 24.1 Å². The maximum absolute atomic E-state index is 6.21. The van der Waals surface area contributed by atoms with Crippen LogP contribution < -0.4 is 26.7 Å². The first-order chi connectivity index (χ1) is 48.9. The molecule has 11 heteroatoms. The first-order valence-electron chi connectivity index (χ1n) is 34.1. The summed E-state index contributed by atoms with van der Waals surface area (Å²) in [5, 5.41) is 1.08. The van der Waals surface area contributed by atoms with Crippen LogP contribution in [-0.2, 0) is 0 Å². The molecule has 17 rings (SSSR count). The quantitative estimate of drug-likeness (QED) is 0.0804. The molecule has 0 atom stereocenters. The number of rotatable bonds is 14. The van der Waals surface area contributed by atoms with Gasteiger partial charge in [0.05, 0.1) is 5.52 Å². The van der Waals surface area contributed by atoms with Crippen molar-refractivity contribution >= 4 is 101 Å². The van der Waals surface area contributed by atoms with Crippen molar-refractivity contribution in [1.82, 2.24) is 19.5 Å². The van der Waals surface area contributed by atoms with Gasteiger partial charge < -0.3 is 4.81 Å². The van der Waals surface area contributed by atoms with E-state index in [1.54, 1.807) is 0 Å². The van der Waals surface area contributed by atoms with E-state index < -0.39 is 20.1 Å². The molecule has 3 aliphatic rings. The highest BCUT2D eigenvalue weighted by Crippen LogP contribution is 2.76. The average Bonchev–Trinajstić information content (AvgIpc) is 0.868. The lowest BCUT2D eigenvalue weighted by atomic mass is 9.45. The second-order valence-electron chi connectivity index (χ2n) is 25.5. The molecule has 99 heavy (non-hydrogen) atoms. The van der Waals surface area contributed by atoms with E-state index in [0.717, 1.165) is 85.0 Å². The van der Waals surface area contributed by atoms with Gasteiger partial charge in [-0.25, -0.2) is 0 Å². The van der Waals surface area contributed by atoms with E-state index in [1.165, 1.54) is 61.1 Å². The molecule has 12 aromatic carbocycles. The van der Waals surface area contributed by atoms with Crippen molar-refractivity contribution in [2.45, 2.75) is 58.4 Å².